The highest BCUT2D eigenvalue weighted by Gasteiger charge is 2.32. The van der Waals surface area contributed by atoms with Gasteiger partial charge in [0, 0.05) is 60.4 Å². The Morgan fingerprint density at radius 2 is 1.73 bits per heavy atom. The van der Waals surface area contributed by atoms with Crippen LogP contribution in [-0.2, 0) is 33.0 Å². The number of hydrogen-bond acceptors (Lipinski definition) is 6. The van der Waals surface area contributed by atoms with Gasteiger partial charge in [-0.05, 0) is 98.0 Å². The van der Waals surface area contributed by atoms with Gasteiger partial charge in [-0.25, -0.2) is 9.37 Å². The zero-order valence-electron chi connectivity index (χ0n) is 28.0. The van der Waals surface area contributed by atoms with Gasteiger partial charge in [-0.1, -0.05) is 24.3 Å². The minimum atomic E-state index is -0.719. The Labute approximate surface area is 284 Å². The first-order valence-corrected chi connectivity index (χ1v) is 16.4. The Hall–Kier alpha value is -5.48. The van der Waals surface area contributed by atoms with Gasteiger partial charge in [0.05, 0.1) is 24.6 Å². The van der Waals surface area contributed by atoms with E-state index in [-0.39, 0.29) is 29.3 Å². The van der Waals surface area contributed by atoms with Crippen molar-refractivity contribution in [3.8, 4) is 22.9 Å². The fraction of sp³-hybridized carbons (Fsp3) is 0.256. The number of nitrogens with one attached hydrogen (secondary N) is 1. The van der Waals surface area contributed by atoms with Crippen LogP contribution in [0, 0.1) is 12.7 Å². The molecule has 2 aromatic heterocycles. The number of hydrogen-bond donors (Lipinski definition) is 2. The summed E-state index contributed by atoms with van der Waals surface area (Å²) in [4.78, 5) is 36.5. The van der Waals surface area contributed by atoms with E-state index in [1.54, 1.807) is 12.1 Å². The molecule has 2 aliphatic heterocycles. The number of anilines is 2. The Kier molecular flexibility index (Phi) is 8.42. The van der Waals surface area contributed by atoms with Gasteiger partial charge >= 0.3 is 0 Å². The van der Waals surface area contributed by atoms with Gasteiger partial charge in [0.2, 0.25) is 5.88 Å². The minimum absolute atomic E-state index is 0.00839. The van der Waals surface area contributed by atoms with Crippen molar-refractivity contribution in [1.29, 1.82) is 0 Å². The lowest BCUT2D eigenvalue weighted by Crippen LogP contribution is -2.43. The summed E-state index contributed by atoms with van der Waals surface area (Å²) in [7, 11) is 3.21. The van der Waals surface area contributed by atoms with Crippen LogP contribution in [0.25, 0.3) is 11.3 Å². The maximum Gasteiger partial charge on any atom is 0.264 e. The van der Waals surface area contributed by atoms with E-state index in [1.165, 1.54) is 47.5 Å². The van der Waals surface area contributed by atoms with Crippen molar-refractivity contribution >= 4 is 23.2 Å². The summed E-state index contributed by atoms with van der Waals surface area (Å²) in [5.41, 5.74) is 8.39. The first-order valence-electron chi connectivity index (χ1n) is 16.4. The molecular weight excluding hydrogens is 621 g/mol. The summed E-state index contributed by atoms with van der Waals surface area (Å²) in [5.74, 6) is -1.36. The molecule has 10 heteroatoms. The van der Waals surface area contributed by atoms with Crippen LogP contribution in [0.2, 0.25) is 0 Å². The summed E-state index contributed by atoms with van der Waals surface area (Å²) in [5, 5.41) is 13.4. The molecule has 7 rings (SSSR count). The second kappa shape index (κ2) is 12.9. The molecule has 0 bridgehead atoms. The van der Waals surface area contributed by atoms with Crippen molar-refractivity contribution < 1.29 is 23.8 Å². The van der Waals surface area contributed by atoms with Crippen LogP contribution >= 0.6 is 0 Å². The molecule has 0 fully saturated rings. The molecule has 49 heavy (non-hydrogen) atoms. The van der Waals surface area contributed by atoms with E-state index in [4.69, 9.17) is 4.74 Å². The SMILES string of the molecule is COc1ncc(N(C(=O)c2cc(-c3cc4c(cc3C(=O)N3Cc5ccccc5C[C@H]3C)CNCC4)n(C)c2C)c2ccc(O)cc2)cc1F. The molecule has 250 valence electrons. The van der Waals surface area contributed by atoms with E-state index < -0.39 is 11.7 Å². The standard InChI is InChI=1S/C39H38FN5O4/c1-23-15-25-7-5-6-8-27(25)22-44(23)38(47)34-17-28-20-41-14-13-26(28)16-33(34)36-19-32(24(2)43(36)3)39(48)45(29-9-11-31(46)12-10-29)30-18-35(40)37(49-4)42-21-30/h5-12,16-19,21,23,41,46H,13-15,20,22H2,1-4H3/t23-/m1/s1. The van der Waals surface area contributed by atoms with Gasteiger partial charge in [-0.3, -0.25) is 14.5 Å². The summed E-state index contributed by atoms with van der Waals surface area (Å²) in [6.45, 7) is 5.98. The number of amides is 2. The first-order chi connectivity index (χ1) is 23.6. The second-order valence-corrected chi connectivity index (χ2v) is 12.8. The van der Waals surface area contributed by atoms with Crippen molar-refractivity contribution in [1.82, 2.24) is 19.8 Å². The average molecular weight is 660 g/mol. The normalized spacial score (nSPS) is 15.4. The van der Waals surface area contributed by atoms with Crippen molar-refractivity contribution in [3.63, 3.8) is 0 Å². The topological polar surface area (TPSA) is 99.9 Å². The molecule has 0 unspecified atom stereocenters. The Bertz CT molecular complexity index is 2090. The maximum absolute atomic E-state index is 14.9. The molecule has 4 heterocycles. The van der Waals surface area contributed by atoms with E-state index in [0.29, 0.717) is 35.6 Å². The number of carbonyl (C=O) groups is 2. The first kappa shape index (κ1) is 32.1. The van der Waals surface area contributed by atoms with Gasteiger partial charge in [0.15, 0.2) is 5.82 Å². The molecule has 0 aliphatic carbocycles. The third-order valence-corrected chi connectivity index (χ3v) is 9.82. The zero-order chi connectivity index (χ0) is 34.4. The number of benzene rings is 3. The highest BCUT2D eigenvalue weighted by atomic mass is 19.1. The van der Waals surface area contributed by atoms with Crippen LogP contribution in [0.15, 0.2) is 79.0 Å². The summed E-state index contributed by atoms with van der Waals surface area (Å²) in [6.07, 6.45) is 2.97. The fourth-order valence-electron chi connectivity index (χ4n) is 6.99. The molecule has 0 spiro atoms. The number of phenolic OH excluding ortho intramolecular Hbond substituents is 1. The summed E-state index contributed by atoms with van der Waals surface area (Å²) >= 11 is 0. The van der Waals surface area contributed by atoms with Gasteiger partial charge in [-0.15, -0.1) is 0 Å². The number of methoxy groups -OCH3 is 1. The van der Waals surface area contributed by atoms with Crippen molar-refractivity contribution in [2.24, 2.45) is 7.05 Å². The molecule has 0 saturated carbocycles. The van der Waals surface area contributed by atoms with Crippen molar-refractivity contribution in [3.05, 3.63) is 124 Å². The van der Waals surface area contributed by atoms with Crippen LogP contribution in [0.4, 0.5) is 15.8 Å². The monoisotopic (exact) mass is 659 g/mol. The van der Waals surface area contributed by atoms with E-state index in [9.17, 15) is 19.1 Å². The van der Waals surface area contributed by atoms with Gasteiger partial charge in [0.1, 0.15) is 5.75 Å². The van der Waals surface area contributed by atoms with E-state index >= 15 is 0 Å². The third-order valence-electron chi connectivity index (χ3n) is 9.82. The molecule has 9 nitrogen and oxygen atoms in total. The molecule has 5 aromatic rings. The number of carbonyl (C=O) groups excluding carboxylic acids is 2. The number of ether oxygens (including phenoxy) is 1. The number of fused-ring (bicyclic) bond motifs is 2. The predicted molar refractivity (Wildman–Crippen MR) is 186 cm³/mol. The van der Waals surface area contributed by atoms with Crippen LogP contribution < -0.4 is 15.0 Å². The summed E-state index contributed by atoms with van der Waals surface area (Å²) < 4.78 is 21.9. The number of halogens is 1. The number of pyridine rings is 1. The highest BCUT2D eigenvalue weighted by molar-refractivity contribution is 6.12. The van der Waals surface area contributed by atoms with Gasteiger partial charge in [-0.2, -0.15) is 0 Å². The lowest BCUT2D eigenvalue weighted by molar-refractivity contribution is 0.0658. The lowest BCUT2D eigenvalue weighted by atomic mass is 9.90. The van der Waals surface area contributed by atoms with Crippen molar-refractivity contribution in [2.45, 2.75) is 45.8 Å². The Morgan fingerprint density at radius 1 is 0.980 bits per heavy atom. The Balaban J connectivity index is 1.34. The quantitative estimate of drug-likeness (QED) is 0.217. The summed E-state index contributed by atoms with van der Waals surface area (Å²) in [6, 6.07) is 21.5. The molecule has 2 amide bonds. The molecule has 0 saturated heterocycles. The van der Waals surface area contributed by atoms with E-state index in [0.717, 1.165) is 41.8 Å². The number of aromatic nitrogens is 2. The number of nitrogens with zero attached hydrogens (tertiary/aromatic N) is 4. The van der Waals surface area contributed by atoms with Crippen LogP contribution in [0.3, 0.4) is 0 Å². The highest BCUT2D eigenvalue weighted by Crippen LogP contribution is 2.37. The fourth-order valence-corrected chi connectivity index (χ4v) is 6.99. The maximum atomic E-state index is 14.9. The van der Waals surface area contributed by atoms with Crippen LogP contribution in [0.1, 0.15) is 55.6 Å². The largest absolute Gasteiger partial charge is 0.508 e. The number of aromatic hydroxyl groups is 1. The van der Waals surface area contributed by atoms with Crippen molar-refractivity contribution in [2.75, 3.05) is 18.6 Å². The molecular formula is C39H38FN5O4. The molecule has 2 N–H and O–H groups in total. The lowest BCUT2D eigenvalue weighted by Gasteiger charge is -2.35. The third kappa shape index (κ3) is 5.82. The number of rotatable bonds is 6. The Morgan fingerprint density at radius 3 is 2.47 bits per heavy atom. The molecule has 3 aromatic carbocycles. The van der Waals surface area contributed by atoms with E-state index in [2.05, 4.69) is 35.4 Å². The smallest absolute Gasteiger partial charge is 0.264 e. The van der Waals surface area contributed by atoms with Crippen LogP contribution in [0.5, 0.6) is 11.6 Å². The average Bonchev–Trinajstić information content (AvgIpc) is 3.41. The molecule has 2 aliphatic rings. The number of phenols is 1. The minimum Gasteiger partial charge on any atom is -0.508 e. The van der Waals surface area contributed by atoms with E-state index in [1.807, 2.05) is 47.7 Å². The van der Waals surface area contributed by atoms with Gasteiger partial charge < -0.3 is 24.6 Å². The van der Waals surface area contributed by atoms with Crippen LogP contribution in [-0.4, -0.2) is 51.1 Å². The predicted octanol–water partition coefficient (Wildman–Crippen LogP) is 6.46. The second-order valence-electron chi connectivity index (χ2n) is 12.8. The molecule has 0 radical (unpaired) electrons. The zero-order valence-corrected chi connectivity index (χ0v) is 28.0. The molecule has 1 atom stereocenters. The van der Waals surface area contributed by atoms with Gasteiger partial charge in [0.25, 0.3) is 11.8 Å².